The fourth-order valence-electron chi connectivity index (χ4n) is 3.53. The molecule has 102 valence electrons. The summed E-state index contributed by atoms with van der Waals surface area (Å²) in [5.41, 5.74) is -0.349. The van der Waals surface area contributed by atoms with Crippen LogP contribution in [0.5, 0.6) is 0 Å². The lowest BCUT2D eigenvalue weighted by Crippen LogP contribution is -2.30. The van der Waals surface area contributed by atoms with E-state index >= 15 is 0 Å². The van der Waals surface area contributed by atoms with E-state index in [1.165, 1.54) is 32.1 Å². The Labute approximate surface area is 108 Å². The molecule has 17 heavy (non-hydrogen) atoms. The summed E-state index contributed by atoms with van der Waals surface area (Å²) < 4.78 is 0. The van der Waals surface area contributed by atoms with Gasteiger partial charge in [0.15, 0.2) is 0 Å². The van der Waals surface area contributed by atoms with Gasteiger partial charge in [-0.25, -0.2) is 0 Å². The van der Waals surface area contributed by atoms with Crippen molar-refractivity contribution in [1.29, 1.82) is 0 Å². The van der Waals surface area contributed by atoms with E-state index in [1.54, 1.807) is 0 Å². The molecule has 0 radical (unpaired) electrons. The van der Waals surface area contributed by atoms with Gasteiger partial charge in [0.1, 0.15) is 0 Å². The van der Waals surface area contributed by atoms with Gasteiger partial charge in [0, 0.05) is 0 Å². The Balaban J connectivity index is 2.47. The Hall–Kier alpha value is -0.0400. The molecule has 0 bridgehead atoms. The molecule has 1 aliphatic carbocycles. The van der Waals surface area contributed by atoms with Crippen molar-refractivity contribution in [2.45, 2.75) is 84.7 Å². The van der Waals surface area contributed by atoms with Crippen LogP contribution in [0.25, 0.3) is 0 Å². The lowest BCUT2D eigenvalue weighted by Gasteiger charge is -2.30. The zero-order valence-electron chi connectivity index (χ0n) is 12.3. The Morgan fingerprint density at radius 2 is 1.88 bits per heavy atom. The van der Waals surface area contributed by atoms with Gasteiger partial charge in [0.25, 0.3) is 0 Å². The molecule has 1 saturated carbocycles. The Kier molecular flexibility index (Phi) is 5.99. The summed E-state index contributed by atoms with van der Waals surface area (Å²) in [6, 6.07) is 0. The maximum atomic E-state index is 10.7. The van der Waals surface area contributed by atoms with E-state index in [0.29, 0.717) is 5.92 Å². The topological polar surface area (TPSA) is 20.2 Å². The average Bonchev–Trinajstić information content (AvgIpc) is 2.40. The van der Waals surface area contributed by atoms with E-state index < -0.39 is 0 Å². The predicted molar refractivity (Wildman–Crippen MR) is 75.1 cm³/mol. The van der Waals surface area contributed by atoms with Crippen LogP contribution in [-0.4, -0.2) is 10.7 Å². The van der Waals surface area contributed by atoms with Crippen LogP contribution < -0.4 is 0 Å². The maximum absolute atomic E-state index is 10.7. The number of rotatable bonds is 5. The monoisotopic (exact) mass is 240 g/mol. The fourth-order valence-corrected chi connectivity index (χ4v) is 3.53. The zero-order chi connectivity index (χ0) is 12.9. The number of hydrogen-bond acceptors (Lipinski definition) is 1. The van der Waals surface area contributed by atoms with Crippen LogP contribution in [0.15, 0.2) is 0 Å². The second kappa shape index (κ2) is 6.78. The summed E-state index contributed by atoms with van der Waals surface area (Å²) >= 11 is 0. The molecular formula is C16H32O. The Morgan fingerprint density at radius 1 is 1.18 bits per heavy atom. The zero-order valence-corrected chi connectivity index (χ0v) is 12.3. The van der Waals surface area contributed by atoms with Gasteiger partial charge >= 0.3 is 0 Å². The number of aliphatic hydroxyl groups is 1. The van der Waals surface area contributed by atoms with Crippen LogP contribution in [0.3, 0.4) is 0 Å². The predicted octanol–water partition coefficient (Wildman–Crippen LogP) is 4.78. The third-order valence-electron chi connectivity index (χ3n) is 4.65. The first-order valence-corrected chi connectivity index (χ1v) is 7.69. The summed E-state index contributed by atoms with van der Waals surface area (Å²) in [4.78, 5) is 0. The summed E-state index contributed by atoms with van der Waals surface area (Å²) in [5.74, 6) is 2.30. The van der Waals surface area contributed by atoms with E-state index in [9.17, 15) is 5.11 Å². The highest BCUT2D eigenvalue weighted by Crippen LogP contribution is 2.37. The van der Waals surface area contributed by atoms with Gasteiger partial charge in [-0.3, -0.25) is 0 Å². The summed E-state index contributed by atoms with van der Waals surface area (Å²) in [5, 5.41) is 10.7. The molecule has 1 aliphatic rings. The SMILES string of the molecule is CCCC(C)CC1(O)CCCC(C(C)C)CC1. The quantitative estimate of drug-likeness (QED) is 0.686. The molecule has 0 spiro atoms. The molecule has 1 rings (SSSR count). The van der Waals surface area contributed by atoms with Crippen molar-refractivity contribution in [2.75, 3.05) is 0 Å². The summed E-state index contributed by atoms with van der Waals surface area (Å²) in [6.07, 6.45) is 9.36. The highest BCUT2D eigenvalue weighted by Gasteiger charge is 2.32. The molecule has 0 aromatic heterocycles. The first kappa shape index (κ1) is 15.0. The fraction of sp³-hybridized carbons (Fsp3) is 1.00. The van der Waals surface area contributed by atoms with E-state index in [-0.39, 0.29) is 5.60 Å². The van der Waals surface area contributed by atoms with Crippen molar-refractivity contribution in [1.82, 2.24) is 0 Å². The third kappa shape index (κ3) is 4.99. The average molecular weight is 240 g/mol. The van der Waals surface area contributed by atoms with Crippen molar-refractivity contribution in [3.05, 3.63) is 0 Å². The minimum Gasteiger partial charge on any atom is -0.390 e. The third-order valence-corrected chi connectivity index (χ3v) is 4.65. The summed E-state index contributed by atoms with van der Waals surface area (Å²) in [7, 11) is 0. The van der Waals surface area contributed by atoms with Crippen molar-refractivity contribution < 1.29 is 5.11 Å². The van der Waals surface area contributed by atoms with Gasteiger partial charge in [-0.2, -0.15) is 0 Å². The molecule has 1 fully saturated rings. The smallest absolute Gasteiger partial charge is 0.0650 e. The molecule has 1 N–H and O–H groups in total. The highest BCUT2D eigenvalue weighted by molar-refractivity contribution is 4.85. The van der Waals surface area contributed by atoms with Gasteiger partial charge in [-0.15, -0.1) is 0 Å². The first-order chi connectivity index (χ1) is 7.97. The Bertz CT molecular complexity index is 212. The lowest BCUT2D eigenvalue weighted by molar-refractivity contribution is 0.000858. The number of hydrogen-bond donors (Lipinski definition) is 1. The molecule has 0 heterocycles. The summed E-state index contributed by atoms with van der Waals surface area (Å²) in [6.45, 7) is 9.19. The van der Waals surface area contributed by atoms with E-state index in [2.05, 4.69) is 27.7 Å². The normalized spacial score (nSPS) is 32.5. The molecule has 3 unspecified atom stereocenters. The van der Waals surface area contributed by atoms with Gasteiger partial charge in [-0.05, 0) is 43.4 Å². The lowest BCUT2D eigenvalue weighted by atomic mass is 9.82. The standard InChI is InChI=1S/C16H32O/c1-5-7-14(4)12-16(17)10-6-8-15(9-11-16)13(2)3/h13-15,17H,5-12H2,1-4H3. The molecule has 0 saturated heterocycles. The molecular weight excluding hydrogens is 208 g/mol. The molecule has 0 aliphatic heterocycles. The van der Waals surface area contributed by atoms with Crippen molar-refractivity contribution in [2.24, 2.45) is 17.8 Å². The largest absolute Gasteiger partial charge is 0.390 e. The van der Waals surface area contributed by atoms with Crippen LogP contribution in [0, 0.1) is 17.8 Å². The van der Waals surface area contributed by atoms with Crippen LogP contribution in [0.2, 0.25) is 0 Å². The van der Waals surface area contributed by atoms with Crippen LogP contribution in [0.4, 0.5) is 0 Å². The van der Waals surface area contributed by atoms with Crippen LogP contribution >= 0.6 is 0 Å². The maximum Gasteiger partial charge on any atom is 0.0650 e. The van der Waals surface area contributed by atoms with E-state index in [0.717, 1.165) is 31.1 Å². The van der Waals surface area contributed by atoms with Crippen molar-refractivity contribution in [3.63, 3.8) is 0 Å². The van der Waals surface area contributed by atoms with Crippen molar-refractivity contribution in [3.8, 4) is 0 Å². The van der Waals surface area contributed by atoms with Gasteiger partial charge < -0.3 is 5.11 Å². The van der Waals surface area contributed by atoms with Gasteiger partial charge in [0.2, 0.25) is 0 Å². The molecule has 0 aromatic carbocycles. The Morgan fingerprint density at radius 3 is 2.47 bits per heavy atom. The van der Waals surface area contributed by atoms with Crippen LogP contribution in [-0.2, 0) is 0 Å². The van der Waals surface area contributed by atoms with E-state index in [1.807, 2.05) is 0 Å². The molecule has 0 aromatic rings. The molecule has 3 atom stereocenters. The van der Waals surface area contributed by atoms with E-state index in [4.69, 9.17) is 0 Å². The first-order valence-electron chi connectivity index (χ1n) is 7.69. The highest BCUT2D eigenvalue weighted by atomic mass is 16.3. The van der Waals surface area contributed by atoms with Gasteiger partial charge in [0.05, 0.1) is 5.60 Å². The molecule has 1 heteroatoms. The van der Waals surface area contributed by atoms with Gasteiger partial charge in [-0.1, -0.05) is 53.4 Å². The second-order valence-corrected chi connectivity index (χ2v) is 6.76. The minimum atomic E-state index is -0.349. The molecule has 1 nitrogen and oxygen atoms in total. The van der Waals surface area contributed by atoms with Crippen molar-refractivity contribution >= 4 is 0 Å². The minimum absolute atomic E-state index is 0.349. The molecule has 0 amide bonds. The van der Waals surface area contributed by atoms with Crippen LogP contribution in [0.1, 0.15) is 79.1 Å². The second-order valence-electron chi connectivity index (χ2n) is 6.76.